The van der Waals surface area contributed by atoms with Crippen LogP contribution in [-0.2, 0) is 9.53 Å². The van der Waals surface area contributed by atoms with Crippen LogP contribution >= 0.6 is 0 Å². The first-order chi connectivity index (χ1) is 8.95. The summed E-state index contributed by atoms with van der Waals surface area (Å²) in [6.07, 6.45) is 0.0769. The van der Waals surface area contributed by atoms with Gasteiger partial charge in [-0.3, -0.25) is 0 Å². The van der Waals surface area contributed by atoms with Crippen molar-refractivity contribution in [3.8, 4) is 0 Å². The summed E-state index contributed by atoms with van der Waals surface area (Å²) >= 11 is 0. The fourth-order valence-corrected chi connectivity index (χ4v) is 2.04. The monoisotopic (exact) mass is 274 g/mol. The van der Waals surface area contributed by atoms with Crippen LogP contribution in [-0.4, -0.2) is 65.1 Å². The molecule has 2 atom stereocenters. The summed E-state index contributed by atoms with van der Waals surface area (Å²) in [7, 11) is 0. The molecule has 110 valence electrons. The Bertz CT molecular complexity index is 321. The number of carbonyl (C=O) groups is 2. The molecule has 1 saturated heterocycles. The van der Waals surface area contributed by atoms with E-state index in [-0.39, 0.29) is 37.9 Å². The number of urea groups is 1. The molecule has 0 spiro atoms. The van der Waals surface area contributed by atoms with Gasteiger partial charge in [0.15, 0.2) is 6.10 Å². The number of hydrogen-bond acceptors (Lipinski definition) is 4. The molecule has 19 heavy (non-hydrogen) atoms. The van der Waals surface area contributed by atoms with Crippen LogP contribution in [0.1, 0.15) is 26.7 Å². The summed E-state index contributed by atoms with van der Waals surface area (Å²) in [6, 6.07) is -0.283. The Labute approximate surface area is 112 Å². The van der Waals surface area contributed by atoms with E-state index in [2.05, 4.69) is 5.32 Å². The van der Waals surface area contributed by atoms with Crippen LogP contribution in [0.15, 0.2) is 0 Å². The fourth-order valence-electron chi connectivity index (χ4n) is 2.04. The highest BCUT2D eigenvalue weighted by Crippen LogP contribution is 2.19. The van der Waals surface area contributed by atoms with Gasteiger partial charge in [-0.05, 0) is 26.7 Å². The summed E-state index contributed by atoms with van der Waals surface area (Å²) in [5.41, 5.74) is 0. The molecule has 0 aromatic rings. The zero-order chi connectivity index (χ0) is 14.4. The first kappa shape index (κ1) is 15.7. The second-order valence-electron chi connectivity index (χ2n) is 4.86. The number of nitrogens with zero attached hydrogens (tertiary/aromatic N) is 1. The number of hydrogen-bond donors (Lipinski definition) is 3. The number of amides is 2. The number of nitrogens with one attached hydrogen (secondary N) is 1. The van der Waals surface area contributed by atoms with Crippen molar-refractivity contribution in [1.29, 1.82) is 0 Å². The smallest absolute Gasteiger partial charge is 0.332 e. The van der Waals surface area contributed by atoms with E-state index in [9.17, 15) is 9.59 Å². The number of carboxylic acids is 1. The Balaban J connectivity index is 2.36. The summed E-state index contributed by atoms with van der Waals surface area (Å²) < 4.78 is 5.29. The van der Waals surface area contributed by atoms with E-state index in [1.165, 1.54) is 4.90 Å². The normalized spacial score (nSPS) is 22.5. The van der Waals surface area contributed by atoms with E-state index in [1.54, 1.807) is 0 Å². The summed E-state index contributed by atoms with van der Waals surface area (Å²) in [6.45, 7) is 4.19. The molecule has 0 aromatic heterocycles. The second-order valence-corrected chi connectivity index (χ2v) is 4.86. The SMILES string of the molecule is CC(C)N(CCO)C(=O)NCC1CCC(C(=O)O)O1. The van der Waals surface area contributed by atoms with Gasteiger partial charge in [-0.2, -0.15) is 0 Å². The third kappa shape index (κ3) is 4.68. The molecule has 0 aromatic carbocycles. The number of carboxylic acid groups (broad SMARTS) is 1. The quantitative estimate of drug-likeness (QED) is 0.634. The van der Waals surface area contributed by atoms with Crippen molar-refractivity contribution in [2.75, 3.05) is 19.7 Å². The van der Waals surface area contributed by atoms with Crippen molar-refractivity contribution in [2.24, 2.45) is 0 Å². The van der Waals surface area contributed by atoms with Crippen LogP contribution in [0, 0.1) is 0 Å². The number of carbonyl (C=O) groups excluding carboxylic acids is 1. The van der Waals surface area contributed by atoms with Gasteiger partial charge in [0.1, 0.15) is 0 Å². The predicted molar refractivity (Wildman–Crippen MR) is 67.9 cm³/mol. The third-order valence-electron chi connectivity index (χ3n) is 3.09. The molecule has 7 heteroatoms. The molecule has 2 amide bonds. The van der Waals surface area contributed by atoms with E-state index >= 15 is 0 Å². The van der Waals surface area contributed by atoms with Crippen molar-refractivity contribution in [3.05, 3.63) is 0 Å². The molecule has 1 fully saturated rings. The van der Waals surface area contributed by atoms with Crippen molar-refractivity contribution in [3.63, 3.8) is 0 Å². The highest BCUT2D eigenvalue weighted by molar-refractivity contribution is 5.74. The minimum atomic E-state index is -0.960. The highest BCUT2D eigenvalue weighted by Gasteiger charge is 2.30. The van der Waals surface area contributed by atoms with E-state index in [0.717, 1.165) is 0 Å². The molecule has 1 heterocycles. The van der Waals surface area contributed by atoms with Gasteiger partial charge in [-0.25, -0.2) is 9.59 Å². The zero-order valence-electron chi connectivity index (χ0n) is 11.3. The van der Waals surface area contributed by atoms with Crippen LogP contribution in [0.2, 0.25) is 0 Å². The Morgan fingerprint density at radius 1 is 1.42 bits per heavy atom. The Kier molecular flexibility index (Phi) is 6.04. The molecule has 1 aliphatic rings. The lowest BCUT2D eigenvalue weighted by atomic mass is 10.2. The lowest BCUT2D eigenvalue weighted by Gasteiger charge is -2.26. The van der Waals surface area contributed by atoms with Gasteiger partial charge in [-0.15, -0.1) is 0 Å². The first-order valence-corrected chi connectivity index (χ1v) is 6.49. The summed E-state index contributed by atoms with van der Waals surface area (Å²) in [4.78, 5) is 24.1. The third-order valence-corrected chi connectivity index (χ3v) is 3.09. The maximum atomic E-state index is 11.9. The molecular weight excluding hydrogens is 252 g/mol. The second kappa shape index (κ2) is 7.30. The summed E-state index contributed by atoms with van der Waals surface area (Å²) in [5, 5.41) is 20.4. The molecule has 0 aliphatic carbocycles. The standard InChI is InChI=1S/C12H22N2O5/c1-8(2)14(5-6-15)12(18)13-7-9-3-4-10(19-9)11(16)17/h8-10,15H,3-7H2,1-2H3,(H,13,18)(H,16,17). The number of ether oxygens (including phenoxy) is 1. The average molecular weight is 274 g/mol. The number of aliphatic hydroxyl groups excluding tert-OH is 1. The fraction of sp³-hybridized carbons (Fsp3) is 0.833. The number of rotatable bonds is 6. The van der Waals surface area contributed by atoms with Crippen molar-refractivity contribution in [1.82, 2.24) is 10.2 Å². The van der Waals surface area contributed by atoms with Gasteiger partial charge in [-0.1, -0.05) is 0 Å². The lowest BCUT2D eigenvalue weighted by molar-refractivity contribution is -0.149. The van der Waals surface area contributed by atoms with Gasteiger partial charge in [0, 0.05) is 19.1 Å². The maximum Gasteiger partial charge on any atom is 0.332 e. The largest absolute Gasteiger partial charge is 0.479 e. The Hall–Kier alpha value is -1.34. The van der Waals surface area contributed by atoms with E-state index in [4.69, 9.17) is 14.9 Å². The topological polar surface area (TPSA) is 99.1 Å². The van der Waals surface area contributed by atoms with Crippen LogP contribution in [0.25, 0.3) is 0 Å². The minimum absolute atomic E-state index is 0.0107. The molecule has 0 radical (unpaired) electrons. The molecule has 1 rings (SSSR count). The van der Waals surface area contributed by atoms with Crippen LogP contribution in [0.4, 0.5) is 4.79 Å². The van der Waals surface area contributed by atoms with Crippen LogP contribution in [0.3, 0.4) is 0 Å². The lowest BCUT2D eigenvalue weighted by Crippen LogP contribution is -2.47. The summed E-state index contributed by atoms with van der Waals surface area (Å²) in [5.74, 6) is -0.960. The van der Waals surface area contributed by atoms with Crippen molar-refractivity contribution in [2.45, 2.75) is 44.9 Å². The molecule has 0 saturated carbocycles. The predicted octanol–water partition coefficient (Wildman–Crippen LogP) is 0.0309. The molecule has 1 aliphatic heterocycles. The van der Waals surface area contributed by atoms with Crippen molar-refractivity contribution < 1.29 is 24.5 Å². The number of aliphatic hydroxyl groups is 1. The molecule has 3 N–H and O–H groups in total. The molecular formula is C12H22N2O5. The Morgan fingerprint density at radius 2 is 2.11 bits per heavy atom. The average Bonchev–Trinajstić information content (AvgIpc) is 2.81. The van der Waals surface area contributed by atoms with Gasteiger partial charge < -0.3 is 25.2 Å². The first-order valence-electron chi connectivity index (χ1n) is 6.49. The van der Waals surface area contributed by atoms with Crippen molar-refractivity contribution >= 4 is 12.0 Å². The Morgan fingerprint density at radius 3 is 2.58 bits per heavy atom. The van der Waals surface area contributed by atoms with E-state index in [1.807, 2.05) is 13.8 Å². The van der Waals surface area contributed by atoms with Gasteiger partial charge in [0.05, 0.1) is 12.7 Å². The maximum absolute atomic E-state index is 11.9. The van der Waals surface area contributed by atoms with Gasteiger partial charge >= 0.3 is 12.0 Å². The minimum Gasteiger partial charge on any atom is -0.479 e. The highest BCUT2D eigenvalue weighted by atomic mass is 16.5. The molecule has 2 unspecified atom stereocenters. The van der Waals surface area contributed by atoms with Gasteiger partial charge in [0.2, 0.25) is 0 Å². The van der Waals surface area contributed by atoms with E-state index < -0.39 is 12.1 Å². The van der Waals surface area contributed by atoms with Crippen LogP contribution < -0.4 is 5.32 Å². The number of aliphatic carboxylic acids is 1. The van der Waals surface area contributed by atoms with Gasteiger partial charge in [0.25, 0.3) is 0 Å². The molecule has 0 bridgehead atoms. The molecule has 7 nitrogen and oxygen atoms in total. The van der Waals surface area contributed by atoms with Crippen LogP contribution in [0.5, 0.6) is 0 Å². The zero-order valence-corrected chi connectivity index (χ0v) is 11.3. The van der Waals surface area contributed by atoms with E-state index in [0.29, 0.717) is 12.8 Å².